The zero-order valence-corrected chi connectivity index (χ0v) is 9.24. The van der Waals surface area contributed by atoms with Crippen LogP contribution in [0.1, 0.15) is 6.92 Å². The Balaban J connectivity index is 2.90. The van der Waals surface area contributed by atoms with Crippen molar-refractivity contribution in [1.29, 1.82) is 0 Å². The Labute approximate surface area is 82.7 Å². The molecular weight excluding hydrogens is 272 g/mol. The second-order valence-electron chi connectivity index (χ2n) is 2.01. The van der Waals surface area contributed by atoms with Crippen molar-refractivity contribution < 1.29 is 0 Å². The van der Waals surface area contributed by atoms with Crippen LogP contribution in [0.2, 0.25) is 0 Å². The second kappa shape index (κ2) is 4.07. The maximum Gasteiger partial charge on any atom is 0.140 e. The number of rotatable bonds is 2. The molecule has 0 saturated heterocycles. The standard InChI is InChI=1S/C7H8Br2N2/c1-2-10-7-6(9)3-5(8)4-11-7/h3-4H,2H2,1H3,(H,10,11). The third-order valence-corrected chi connectivity index (χ3v) is 2.19. The summed E-state index contributed by atoms with van der Waals surface area (Å²) in [6, 6.07) is 1.96. The number of nitrogens with zero attached hydrogens (tertiary/aromatic N) is 1. The highest BCUT2D eigenvalue weighted by atomic mass is 79.9. The lowest BCUT2D eigenvalue weighted by atomic mass is 10.4. The van der Waals surface area contributed by atoms with E-state index >= 15 is 0 Å². The minimum Gasteiger partial charge on any atom is -0.369 e. The highest BCUT2D eigenvalue weighted by Gasteiger charge is 1.98. The molecule has 0 spiro atoms. The molecule has 1 rings (SSSR count). The fraction of sp³-hybridized carbons (Fsp3) is 0.286. The van der Waals surface area contributed by atoms with Crippen LogP contribution in [0.5, 0.6) is 0 Å². The highest BCUT2D eigenvalue weighted by molar-refractivity contribution is 9.11. The third-order valence-electron chi connectivity index (χ3n) is 1.15. The van der Waals surface area contributed by atoms with Crippen molar-refractivity contribution in [2.24, 2.45) is 0 Å². The van der Waals surface area contributed by atoms with Crippen molar-refractivity contribution in [3.05, 3.63) is 21.2 Å². The summed E-state index contributed by atoms with van der Waals surface area (Å²) in [6.07, 6.45) is 1.77. The highest BCUT2D eigenvalue weighted by Crippen LogP contribution is 2.22. The van der Waals surface area contributed by atoms with Crippen molar-refractivity contribution >= 4 is 37.7 Å². The average Bonchev–Trinajstić information content (AvgIpc) is 1.95. The number of pyridine rings is 1. The number of nitrogens with one attached hydrogen (secondary N) is 1. The average molecular weight is 280 g/mol. The van der Waals surface area contributed by atoms with E-state index < -0.39 is 0 Å². The van der Waals surface area contributed by atoms with Crippen molar-refractivity contribution in [1.82, 2.24) is 4.98 Å². The molecule has 1 aromatic heterocycles. The monoisotopic (exact) mass is 278 g/mol. The van der Waals surface area contributed by atoms with Gasteiger partial charge in [0.1, 0.15) is 5.82 Å². The minimum atomic E-state index is 0.882. The van der Waals surface area contributed by atoms with Crippen LogP contribution in [0.4, 0.5) is 5.82 Å². The Kier molecular flexibility index (Phi) is 3.33. The normalized spacial score (nSPS) is 9.73. The van der Waals surface area contributed by atoms with E-state index in [-0.39, 0.29) is 0 Å². The van der Waals surface area contributed by atoms with Gasteiger partial charge >= 0.3 is 0 Å². The molecule has 4 heteroatoms. The van der Waals surface area contributed by atoms with E-state index in [0.29, 0.717) is 0 Å². The van der Waals surface area contributed by atoms with Gasteiger partial charge in [-0.3, -0.25) is 0 Å². The van der Waals surface area contributed by atoms with Crippen LogP contribution in [-0.4, -0.2) is 11.5 Å². The predicted molar refractivity (Wildman–Crippen MR) is 53.8 cm³/mol. The van der Waals surface area contributed by atoms with Crippen LogP contribution in [0.25, 0.3) is 0 Å². The number of halogens is 2. The van der Waals surface area contributed by atoms with Gasteiger partial charge in [0.2, 0.25) is 0 Å². The van der Waals surface area contributed by atoms with Crippen LogP contribution in [0, 0.1) is 0 Å². The number of aromatic nitrogens is 1. The molecule has 11 heavy (non-hydrogen) atoms. The summed E-state index contributed by atoms with van der Waals surface area (Å²) in [5, 5.41) is 3.12. The Bertz CT molecular complexity index is 250. The topological polar surface area (TPSA) is 24.9 Å². The summed E-state index contributed by atoms with van der Waals surface area (Å²) in [6.45, 7) is 2.92. The van der Waals surface area contributed by atoms with E-state index in [1.54, 1.807) is 6.20 Å². The molecule has 0 saturated carbocycles. The smallest absolute Gasteiger partial charge is 0.140 e. The Morgan fingerprint density at radius 2 is 2.27 bits per heavy atom. The Hall–Kier alpha value is -0.0900. The fourth-order valence-corrected chi connectivity index (χ4v) is 1.84. The molecular formula is C7H8Br2N2. The maximum absolute atomic E-state index is 4.16. The first-order chi connectivity index (χ1) is 5.24. The summed E-state index contributed by atoms with van der Waals surface area (Å²) in [5.74, 6) is 0.885. The number of anilines is 1. The molecule has 0 unspecified atom stereocenters. The third kappa shape index (κ3) is 2.45. The van der Waals surface area contributed by atoms with Crippen LogP contribution >= 0.6 is 31.9 Å². The molecule has 0 radical (unpaired) electrons. The van der Waals surface area contributed by atoms with Crippen molar-refractivity contribution in [2.45, 2.75) is 6.92 Å². The van der Waals surface area contributed by atoms with Gasteiger partial charge in [0.25, 0.3) is 0 Å². The van der Waals surface area contributed by atoms with Gasteiger partial charge in [0, 0.05) is 17.2 Å². The molecule has 60 valence electrons. The molecule has 0 aliphatic rings. The number of hydrogen-bond acceptors (Lipinski definition) is 2. The van der Waals surface area contributed by atoms with Crippen LogP contribution < -0.4 is 5.32 Å². The van der Waals surface area contributed by atoms with Gasteiger partial charge in [-0.05, 0) is 44.8 Å². The first-order valence-electron chi connectivity index (χ1n) is 3.29. The van der Waals surface area contributed by atoms with Gasteiger partial charge in [0.15, 0.2) is 0 Å². The van der Waals surface area contributed by atoms with Gasteiger partial charge < -0.3 is 5.32 Å². The number of hydrogen-bond donors (Lipinski definition) is 1. The minimum absolute atomic E-state index is 0.882. The van der Waals surface area contributed by atoms with E-state index in [9.17, 15) is 0 Å². The zero-order valence-electron chi connectivity index (χ0n) is 6.06. The molecule has 2 nitrogen and oxygen atoms in total. The predicted octanol–water partition coefficient (Wildman–Crippen LogP) is 3.04. The van der Waals surface area contributed by atoms with Gasteiger partial charge in [-0.1, -0.05) is 0 Å². The molecule has 0 fully saturated rings. The summed E-state index contributed by atoms with van der Waals surface area (Å²) in [4.78, 5) is 4.16. The molecule has 0 atom stereocenters. The van der Waals surface area contributed by atoms with Crippen molar-refractivity contribution in [3.8, 4) is 0 Å². The van der Waals surface area contributed by atoms with E-state index in [0.717, 1.165) is 21.3 Å². The van der Waals surface area contributed by atoms with Gasteiger partial charge in [0.05, 0.1) is 4.47 Å². The quantitative estimate of drug-likeness (QED) is 0.900. The lowest BCUT2D eigenvalue weighted by molar-refractivity contribution is 1.15. The molecule has 1 aromatic rings. The SMILES string of the molecule is CCNc1ncc(Br)cc1Br. The van der Waals surface area contributed by atoms with Crippen molar-refractivity contribution in [2.75, 3.05) is 11.9 Å². The molecule has 0 aromatic carbocycles. The molecule has 0 amide bonds. The Morgan fingerprint density at radius 1 is 1.55 bits per heavy atom. The van der Waals surface area contributed by atoms with Crippen LogP contribution in [-0.2, 0) is 0 Å². The van der Waals surface area contributed by atoms with Crippen LogP contribution in [0.3, 0.4) is 0 Å². The molecule has 0 bridgehead atoms. The maximum atomic E-state index is 4.16. The van der Waals surface area contributed by atoms with Gasteiger partial charge in [-0.2, -0.15) is 0 Å². The lowest BCUT2D eigenvalue weighted by Crippen LogP contribution is -1.99. The fourth-order valence-electron chi connectivity index (χ4n) is 0.712. The van der Waals surface area contributed by atoms with E-state index in [2.05, 4.69) is 42.2 Å². The second-order valence-corrected chi connectivity index (χ2v) is 3.78. The van der Waals surface area contributed by atoms with E-state index in [1.807, 2.05) is 13.0 Å². The Morgan fingerprint density at radius 3 is 2.82 bits per heavy atom. The largest absolute Gasteiger partial charge is 0.369 e. The van der Waals surface area contributed by atoms with E-state index in [4.69, 9.17) is 0 Å². The first kappa shape index (κ1) is 9.00. The summed E-state index contributed by atoms with van der Waals surface area (Å²) in [5.41, 5.74) is 0. The summed E-state index contributed by atoms with van der Waals surface area (Å²) >= 11 is 6.72. The lowest BCUT2D eigenvalue weighted by Gasteiger charge is -2.03. The van der Waals surface area contributed by atoms with Crippen LogP contribution in [0.15, 0.2) is 21.2 Å². The summed E-state index contributed by atoms with van der Waals surface area (Å²) < 4.78 is 1.96. The van der Waals surface area contributed by atoms with Crippen molar-refractivity contribution in [3.63, 3.8) is 0 Å². The zero-order chi connectivity index (χ0) is 8.27. The molecule has 1 N–H and O–H groups in total. The van der Waals surface area contributed by atoms with Gasteiger partial charge in [-0.25, -0.2) is 4.98 Å². The first-order valence-corrected chi connectivity index (χ1v) is 4.87. The van der Waals surface area contributed by atoms with Gasteiger partial charge in [-0.15, -0.1) is 0 Å². The van der Waals surface area contributed by atoms with E-state index in [1.165, 1.54) is 0 Å². The molecule has 0 aliphatic carbocycles. The summed E-state index contributed by atoms with van der Waals surface area (Å²) in [7, 11) is 0. The molecule has 0 aliphatic heterocycles. The molecule has 1 heterocycles.